The molecule has 0 aromatic heterocycles. The molecular weight excluding hydrogens is 1450 g/mol. The van der Waals surface area contributed by atoms with Gasteiger partial charge in [-0.05, 0) is 183 Å². The minimum atomic E-state index is -0.880. The second-order valence-corrected chi connectivity index (χ2v) is 36.0. The largest absolute Gasteiger partial charge is 0.441 e. The van der Waals surface area contributed by atoms with E-state index in [2.05, 4.69) is 415 Å². The van der Waals surface area contributed by atoms with Gasteiger partial charge in [0.1, 0.15) is 0 Å². The Hall–Kier alpha value is -11.5. The van der Waals surface area contributed by atoms with Crippen molar-refractivity contribution in [3.05, 3.63) is 496 Å². The molecular formula is C118H128O2. The van der Waals surface area contributed by atoms with Gasteiger partial charge < -0.3 is 4.74 Å². The second-order valence-electron chi connectivity index (χ2n) is 36.0. The first-order valence-corrected chi connectivity index (χ1v) is 43.9. The summed E-state index contributed by atoms with van der Waals surface area (Å²) in [4.78, 5) is 12.5. The maximum absolute atomic E-state index is 12.5. The molecule has 2 nitrogen and oxygen atoms in total. The second kappa shape index (κ2) is 39.2. The predicted octanol–water partition coefficient (Wildman–Crippen LogP) is 30.8. The summed E-state index contributed by atoms with van der Waals surface area (Å²) < 4.78 is 6.03. The molecule has 3 aliphatic rings. The Morgan fingerprint density at radius 3 is 0.667 bits per heavy atom. The Morgan fingerprint density at radius 2 is 0.417 bits per heavy atom. The molecule has 0 atom stereocenters. The summed E-state index contributed by atoms with van der Waals surface area (Å²) >= 11 is 0. The third kappa shape index (κ3) is 20.5. The van der Waals surface area contributed by atoms with Crippen molar-refractivity contribution in [1.82, 2.24) is 0 Å². The fourth-order valence-electron chi connectivity index (χ4n) is 17.9. The van der Waals surface area contributed by atoms with Crippen molar-refractivity contribution >= 4 is 5.97 Å². The molecule has 2 heteroatoms. The van der Waals surface area contributed by atoms with Crippen molar-refractivity contribution in [2.75, 3.05) is 0 Å². The molecule has 120 heavy (non-hydrogen) atoms. The lowest BCUT2D eigenvalue weighted by atomic mass is 9.65. The average molecular weight is 1580 g/mol. The molecule has 0 amide bonds. The van der Waals surface area contributed by atoms with Crippen LogP contribution in [0.15, 0.2) is 346 Å². The lowest BCUT2D eigenvalue weighted by Gasteiger charge is -2.38. The van der Waals surface area contributed by atoms with Gasteiger partial charge in [-0.3, -0.25) is 0 Å². The lowest BCUT2D eigenvalue weighted by molar-refractivity contribution is 0.0251. The topological polar surface area (TPSA) is 26.3 Å². The van der Waals surface area contributed by atoms with Gasteiger partial charge in [-0.1, -0.05) is 473 Å². The number of hydrogen-bond donors (Lipinski definition) is 0. The first kappa shape index (κ1) is 87.9. The maximum atomic E-state index is 12.5. The van der Waals surface area contributed by atoms with Gasteiger partial charge >= 0.3 is 5.97 Å². The molecule has 0 N–H and O–H groups in total. The van der Waals surface area contributed by atoms with Crippen LogP contribution in [0.4, 0.5) is 0 Å². The molecule has 1 heterocycles. The van der Waals surface area contributed by atoms with Gasteiger partial charge in [0.05, 0.1) is 5.56 Å². The number of esters is 1. The van der Waals surface area contributed by atoms with Crippen LogP contribution < -0.4 is 0 Å². The number of aryl methyl sites for hydroxylation is 12. The van der Waals surface area contributed by atoms with E-state index in [-0.39, 0.29) is 33.0 Å². The highest BCUT2D eigenvalue weighted by molar-refractivity contribution is 5.96. The van der Waals surface area contributed by atoms with E-state index in [0.717, 1.165) is 16.7 Å². The van der Waals surface area contributed by atoms with Crippen molar-refractivity contribution < 1.29 is 9.53 Å². The zero-order valence-electron chi connectivity index (χ0n) is 74.8. The van der Waals surface area contributed by atoms with Crippen molar-refractivity contribution in [1.29, 1.82) is 0 Å². The van der Waals surface area contributed by atoms with Crippen LogP contribution in [-0.4, -0.2) is 5.97 Å². The highest BCUT2D eigenvalue weighted by Gasteiger charge is 2.48. The van der Waals surface area contributed by atoms with Gasteiger partial charge in [0, 0.05) is 43.8 Å². The number of rotatable bonds is 13. The molecule has 612 valence electrons. The number of hydrogen-bond acceptors (Lipinski definition) is 2. The highest BCUT2D eigenvalue weighted by atomic mass is 16.6. The monoisotopic (exact) mass is 1580 g/mol. The van der Waals surface area contributed by atoms with E-state index in [1.54, 1.807) is 0 Å². The van der Waals surface area contributed by atoms with Gasteiger partial charge in [-0.2, -0.15) is 0 Å². The molecule has 17 rings (SSSR count). The first-order valence-electron chi connectivity index (χ1n) is 43.9. The van der Waals surface area contributed by atoms with E-state index < -0.39 is 5.60 Å². The molecule has 0 unspecified atom stereocenters. The van der Waals surface area contributed by atoms with Crippen LogP contribution in [0.25, 0.3) is 0 Å². The molecule has 14 aromatic carbocycles. The van der Waals surface area contributed by atoms with Crippen LogP contribution in [0.3, 0.4) is 0 Å². The Kier molecular flexibility index (Phi) is 28.7. The summed E-state index contributed by atoms with van der Waals surface area (Å²) in [6, 6.07) is 125. The zero-order chi connectivity index (χ0) is 85.2. The van der Waals surface area contributed by atoms with Crippen molar-refractivity contribution in [2.24, 2.45) is 0 Å². The van der Waals surface area contributed by atoms with E-state index in [9.17, 15) is 4.79 Å². The summed E-state index contributed by atoms with van der Waals surface area (Å²) in [6.45, 7) is 37.0. The molecule has 0 radical (unpaired) electrons. The minimum Gasteiger partial charge on any atom is -0.441 e. The van der Waals surface area contributed by atoms with Crippen LogP contribution in [0.1, 0.15) is 254 Å². The normalized spacial score (nSPS) is 14.3. The molecule has 1 aliphatic heterocycles. The van der Waals surface area contributed by atoms with Crippen LogP contribution in [0, 0.1) is 83.1 Å². The number of ether oxygens (including phenoxy) is 1. The maximum Gasteiger partial charge on any atom is 0.340 e. The fraction of sp³-hybridized carbons (Fsp3) is 0.280. The predicted molar refractivity (Wildman–Crippen MR) is 510 cm³/mol. The minimum absolute atomic E-state index is 0.0708. The molecule has 0 spiro atoms. The number of benzene rings is 14. The van der Waals surface area contributed by atoms with Crippen LogP contribution in [-0.2, 0) is 37.4 Å². The highest BCUT2D eigenvalue weighted by Crippen LogP contribution is 2.50. The van der Waals surface area contributed by atoms with Crippen molar-refractivity contribution in [3.63, 3.8) is 0 Å². The molecule has 0 bridgehead atoms. The van der Waals surface area contributed by atoms with Crippen molar-refractivity contribution in [2.45, 2.75) is 215 Å². The Bertz CT molecular complexity index is 5050. The molecule has 2 saturated carbocycles. The van der Waals surface area contributed by atoms with E-state index in [0.29, 0.717) is 5.56 Å². The quantitative estimate of drug-likeness (QED) is 0.0849. The molecule has 14 aromatic rings. The van der Waals surface area contributed by atoms with Crippen molar-refractivity contribution in [3.8, 4) is 0 Å². The Morgan fingerprint density at radius 1 is 0.217 bits per heavy atom. The van der Waals surface area contributed by atoms with E-state index in [4.69, 9.17) is 4.74 Å². The van der Waals surface area contributed by atoms with Gasteiger partial charge in [0.2, 0.25) is 0 Å². The number of carbonyl (C=O) groups is 1. The summed E-state index contributed by atoms with van der Waals surface area (Å²) in [7, 11) is 0. The fourth-order valence-corrected chi connectivity index (χ4v) is 17.9. The zero-order valence-corrected chi connectivity index (χ0v) is 74.8. The lowest BCUT2D eigenvalue weighted by Crippen LogP contribution is -2.30. The third-order valence-electron chi connectivity index (χ3n) is 26.2. The number of carbonyl (C=O) groups excluding carboxylic acids is 1. The van der Waals surface area contributed by atoms with Crippen LogP contribution in [0.5, 0.6) is 0 Å². The van der Waals surface area contributed by atoms with E-state index in [1.165, 1.54) is 192 Å². The summed E-state index contributed by atoms with van der Waals surface area (Å²) in [6.07, 6.45) is 13.3. The summed E-state index contributed by atoms with van der Waals surface area (Å²) in [5.74, 6) is -0.272. The van der Waals surface area contributed by atoms with Crippen LogP contribution in [0.2, 0.25) is 0 Å². The number of cyclic esters (lactones) is 1. The molecule has 2 fully saturated rings. The standard InChI is InChI=1S/C22H18O2.C22H22.2C20H24.2C17H20/c1-15-7-11-17(12-8-15)22(18-13-9-16(2)10-14-18)20-6-4-3-5-19(20)21(23)24-22;1-17-9-13-20(14-10-17)22(3,19-7-5-4-6-8-19)21-15-11-18(2)12-16-21;2*1-16-6-10-18(11-7-16)20(14-4-3-5-15-20)19-12-8-17(2)9-13-19;2*1-13-5-9-15(10-6-13)17(3,4)16-11-7-14(2)8-12-16/h3-14H,1-2H3;4-16H,1-3H3;2*6-13H,3-5,14-15H2,1-2H3;2*5-12H,1-4H3. The summed E-state index contributed by atoms with van der Waals surface area (Å²) in [5.41, 5.74) is 34.2. The third-order valence-corrected chi connectivity index (χ3v) is 26.2. The van der Waals surface area contributed by atoms with Crippen LogP contribution >= 0.6 is 0 Å². The van der Waals surface area contributed by atoms with E-state index >= 15 is 0 Å². The molecule has 2 aliphatic carbocycles. The van der Waals surface area contributed by atoms with Gasteiger partial charge in [0.15, 0.2) is 5.60 Å². The van der Waals surface area contributed by atoms with Gasteiger partial charge in [-0.25, -0.2) is 4.79 Å². The van der Waals surface area contributed by atoms with Gasteiger partial charge in [0.25, 0.3) is 0 Å². The van der Waals surface area contributed by atoms with E-state index in [1.807, 2.05) is 48.5 Å². The van der Waals surface area contributed by atoms with Gasteiger partial charge in [-0.15, -0.1) is 0 Å². The summed E-state index contributed by atoms with van der Waals surface area (Å²) in [5, 5.41) is 0. The Balaban J connectivity index is 0.000000133. The first-order chi connectivity index (χ1) is 57.6. The average Bonchev–Trinajstić information content (AvgIpc) is 1.56. The number of fused-ring (bicyclic) bond motifs is 1. The smallest absolute Gasteiger partial charge is 0.340 e. The Labute approximate surface area is 721 Å². The SMILES string of the molecule is Cc1ccc(C(C)(C)c2ccc(C)cc2)cc1.Cc1ccc(C(C)(C)c2ccc(C)cc2)cc1.Cc1ccc(C(C)(c2ccccc2)c2ccc(C)cc2)cc1.Cc1ccc(C2(c3ccc(C)cc3)CCCCC2)cc1.Cc1ccc(C2(c3ccc(C)cc3)CCCCC2)cc1.Cc1ccc(C2(c3ccc(C)cc3)OC(=O)c3ccccc32)cc1. The molecule has 0 saturated heterocycles.